The van der Waals surface area contributed by atoms with Crippen molar-refractivity contribution < 1.29 is 18.3 Å². The molecule has 4 rings (SSSR count). The number of rotatable bonds is 8. The molecule has 0 spiro atoms. The molecule has 0 aliphatic carbocycles. The molecule has 0 aliphatic rings. The number of hydrogen-bond acceptors (Lipinski definition) is 6. The van der Waals surface area contributed by atoms with Gasteiger partial charge in [0.05, 0.1) is 30.7 Å². The van der Waals surface area contributed by atoms with Crippen LogP contribution in [0, 0.1) is 11.6 Å². The Hall–Kier alpha value is -4.44. The Morgan fingerprint density at radius 3 is 2.33 bits per heavy atom. The Labute approximate surface area is 205 Å². The minimum atomic E-state index is -0.543. The lowest BCUT2D eigenvalue weighted by molar-refractivity contribution is -0.117. The van der Waals surface area contributed by atoms with Crippen LogP contribution in [0.2, 0.25) is 0 Å². The highest BCUT2D eigenvalue weighted by molar-refractivity contribution is 5.93. The van der Waals surface area contributed by atoms with Crippen LogP contribution < -0.4 is 20.9 Å². The van der Waals surface area contributed by atoms with Gasteiger partial charge in [-0.25, -0.2) is 13.8 Å². The number of carbonyl (C=O) groups excluding carboxylic acids is 1. The van der Waals surface area contributed by atoms with Crippen molar-refractivity contribution in [3.8, 4) is 22.8 Å². The molecular formula is C26H23F2N5O3. The fraction of sp³-hybridized carbons (Fsp3) is 0.154. The van der Waals surface area contributed by atoms with Crippen LogP contribution in [0.1, 0.15) is 12.5 Å². The van der Waals surface area contributed by atoms with Crippen LogP contribution in [0.5, 0.6) is 11.5 Å². The van der Waals surface area contributed by atoms with E-state index in [9.17, 15) is 18.4 Å². The van der Waals surface area contributed by atoms with Gasteiger partial charge in [0.2, 0.25) is 5.91 Å². The first kappa shape index (κ1) is 24.7. The third-order valence-corrected chi connectivity index (χ3v) is 5.42. The smallest absolute Gasteiger partial charge is 0.294 e. The van der Waals surface area contributed by atoms with E-state index >= 15 is 0 Å². The number of carbonyl (C=O) groups is 1. The minimum absolute atomic E-state index is 0.0616. The first-order valence-electron chi connectivity index (χ1n) is 11.1. The van der Waals surface area contributed by atoms with Crippen LogP contribution in [-0.4, -0.2) is 33.5 Å². The lowest BCUT2D eigenvalue weighted by Gasteiger charge is -2.16. The Balaban J connectivity index is 1.70. The number of anilines is 1. The second-order valence-corrected chi connectivity index (χ2v) is 7.97. The van der Waals surface area contributed by atoms with Crippen molar-refractivity contribution in [3.63, 3.8) is 0 Å². The van der Waals surface area contributed by atoms with Crippen LogP contribution in [0.25, 0.3) is 11.3 Å². The van der Waals surface area contributed by atoms with Gasteiger partial charge in [-0.15, -0.1) is 0 Å². The summed E-state index contributed by atoms with van der Waals surface area (Å²) in [7, 11) is 1.63. The number of ether oxygens (including phenoxy) is 1. The fourth-order valence-corrected chi connectivity index (χ4v) is 3.36. The van der Waals surface area contributed by atoms with Gasteiger partial charge in [0.1, 0.15) is 23.1 Å². The Morgan fingerprint density at radius 1 is 1.00 bits per heavy atom. The number of nitrogens with one attached hydrogen (secondary N) is 2. The van der Waals surface area contributed by atoms with E-state index in [1.165, 1.54) is 65.5 Å². The zero-order valence-corrected chi connectivity index (χ0v) is 19.5. The molecule has 36 heavy (non-hydrogen) atoms. The van der Waals surface area contributed by atoms with Gasteiger partial charge in [0, 0.05) is 11.8 Å². The highest BCUT2D eigenvalue weighted by Crippen LogP contribution is 2.24. The second-order valence-electron chi connectivity index (χ2n) is 7.97. The topological polar surface area (TPSA) is 98.1 Å². The largest absolute Gasteiger partial charge is 0.456 e. The molecule has 0 bridgehead atoms. The van der Waals surface area contributed by atoms with E-state index in [1.54, 1.807) is 26.2 Å². The van der Waals surface area contributed by atoms with Gasteiger partial charge in [0.15, 0.2) is 5.82 Å². The summed E-state index contributed by atoms with van der Waals surface area (Å²) in [5, 5.41) is 5.35. The van der Waals surface area contributed by atoms with Gasteiger partial charge in [-0.3, -0.25) is 19.1 Å². The molecular weight excluding hydrogens is 468 g/mol. The molecule has 10 heteroatoms. The SMILES string of the molecule is CN[C@@H](C)C(=O)Nc1ncc(-c2ccc(F)cc2)n(Cc2cncc(Oc3ccc(F)cc3)c2)c1=O. The van der Waals surface area contributed by atoms with Crippen LogP contribution in [0.15, 0.2) is 78.0 Å². The Kier molecular flexibility index (Phi) is 7.45. The maximum absolute atomic E-state index is 13.5. The molecule has 2 aromatic carbocycles. The second kappa shape index (κ2) is 10.9. The van der Waals surface area contributed by atoms with E-state index in [2.05, 4.69) is 20.6 Å². The average molecular weight is 491 g/mol. The summed E-state index contributed by atoms with van der Waals surface area (Å²) in [6.07, 6.45) is 4.51. The summed E-state index contributed by atoms with van der Waals surface area (Å²) in [4.78, 5) is 34.1. The fourth-order valence-electron chi connectivity index (χ4n) is 3.36. The summed E-state index contributed by atoms with van der Waals surface area (Å²) >= 11 is 0. The summed E-state index contributed by atoms with van der Waals surface area (Å²) in [5.41, 5.74) is 1.06. The van der Waals surface area contributed by atoms with Crippen LogP contribution in [-0.2, 0) is 11.3 Å². The van der Waals surface area contributed by atoms with Crippen LogP contribution in [0.3, 0.4) is 0 Å². The predicted octanol–water partition coefficient (Wildman–Crippen LogP) is 3.97. The predicted molar refractivity (Wildman–Crippen MR) is 131 cm³/mol. The van der Waals surface area contributed by atoms with E-state index in [4.69, 9.17) is 4.74 Å². The standard InChI is InChI=1S/C26H23F2N5O3/c1-16(29-2)25(34)32-24-26(35)33(23(14-31-24)18-3-5-19(27)6-4-18)15-17-11-22(13-30-12-17)36-21-9-7-20(28)8-10-21/h3-14,16,29H,15H2,1-2H3,(H,31,32,34)/t16-/m0/s1. The van der Waals surface area contributed by atoms with Gasteiger partial charge in [0.25, 0.3) is 5.56 Å². The Morgan fingerprint density at radius 2 is 1.67 bits per heavy atom. The number of pyridine rings is 1. The molecule has 184 valence electrons. The lowest BCUT2D eigenvalue weighted by atomic mass is 10.1. The quantitative estimate of drug-likeness (QED) is 0.387. The molecule has 1 amide bonds. The molecule has 0 saturated heterocycles. The van der Waals surface area contributed by atoms with Gasteiger partial charge >= 0.3 is 0 Å². The van der Waals surface area contributed by atoms with Crippen LogP contribution in [0.4, 0.5) is 14.6 Å². The normalized spacial score (nSPS) is 11.7. The molecule has 2 heterocycles. The maximum atomic E-state index is 13.5. The van der Waals surface area contributed by atoms with Gasteiger partial charge in [-0.2, -0.15) is 0 Å². The zero-order chi connectivity index (χ0) is 25.7. The first-order chi connectivity index (χ1) is 17.3. The summed E-state index contributed by atoms with van der Waals surface area (Å²) in [5.74, 6) is -0.542. The van der Waals surface area contributed by atoms with Crippen molar-refractivity contribution in [1.29, 1.82) is 0 Å². The van der Waals surface area contributed by atoms with Gasteiger partial charge < -0.3 is 15.4 Å². The maximum Gasteiger partial charge on any atom is 0.294 e. The monoisotopic (exact) mass is 491 g/mol. The molecule has 4 aromatic rings. The summed E-state index contributed by atoms with van der Waals surface area (Å²) in [6, 6.07) is 12.3. The molecule has 0 saturated carbocycles. The van der Waals surface area contributed by atoms with E-state index < -0.39 is 23.3 Å². The molecule has 2 aromatic heterocycles. The number of likely N-dealkylation sites (N-methyl/N-ethyl adjacent to an activating group) is 1. The van der Waals surface area contributed by atoms with Crippen molar-refractivity contribution in [3.05, 3.63) is 101 Å². The lowest BCUT2D eigenvalue weighted by Crippen LogP contribution is -2.38. The van der Waals surface area contributed by atoms with Crippen molar-refractivity contribution in [2.75, 3.05) is 12.4 Å². The molecule has 8 nitrogen and oxygen atoms in total. The van der Waals surface area contributed by atoms with Crippen LogP contribution >= 0.6 is 0 Å². The number of benzene rings is 2. The van der Waals surface area contributed by atoms with Gasteiger partial charge in [-0.1, -0.05) is 0 Å². The number of nitrogens with zero attached hydrogens (tertiary/aromatic N) is 3. The number of hydrogen-bond donors (Lipinski definition) is 2. The van der Waals surface area contributed by atoms with Crippen molar-refractivity contribution in [2.24, 2.45) is 0 Å². The molecule has 0 unspecified atom stereocenters. The number of halogens is 2. The molecule has 0 fully saturated rings. The molecule has 1 atom stereocenters. The van der Waals surface area contributed by atoms with Crippen molar-refractivity contribution in [2.45, 2.75) is 19.5 Å². The third kappa shape index (κ3) is 5.78. The average Bonchev–Trinajstić information content (AvgIpc) is 2.88. The minimum Gasteiger partial charge on any atom is -0.456 e. The van der Waals surface area contributed by atoms with E-state index in [0.717, 1.165) is 0 Å². The molecule has 2 N–H and O–H groups in total. The van der Waals surface area contributed by atoms with E-state index in [-0.39, 0.29) is 18.2 Å². The first-order valence-corrected chi connectivity index (χ1v) is 11.1. The Bertz CT molecular complexity index is 1420. The van der Waals surface area contributed by atoms with Gasteiger partial charge in [-0.05, 0) is 74.1 Å². The number of aromatic nitrogens is 3. The molecule has 0 aliphatic heterocycles. The highest BCUT2D eigenvalue weighted by atomic mass is 19.1. The van der Waals surface area contributed by atoms with Crippen molar-refractivity contribution in [1.82, 2.24) is 19.9 Å². The highest BCUT2D eigenvalue weighted by Gasteiger charge is 2.17. The zero-order valence-electron chi connectivity index (χ0n) is 19.5. The summed E-state index contributed by atoms with van der Waals surface area (Å²) in [6.45, 7) is 1.71. The van der Waals surface area contributed by atoms with E-state index in [0.29, 0.717) is 28.3 Å². The van der Waals surface area contributed by atoms with E-state index in [1.807, 2.05) is 0 Å². The van der Waals surface area contributed by atoms with Crippen molar-refractivity contribution >= 4 is 11.7 Å². The molecule has 0 radical (unpaired) electrons. The third-order valence-electron chi connectivity index (χ3n) is 5.42. The number of amides is 1. The summed E-state index contributed by atoms with van der Waals surface area (Å²) < 4.78 is 33.9.